The van der Waals surface area contributed by atoms with Crippen molar-refractivity contribution in [3.8, 4) is 0 Å². The van der Waals surface area contributed by atoms with E-state index in [1.807, 2.05) is 30.3 Å². The summed E-state index contributed by atoms with van der Waals surface area (Å²) in [5.41, 5.74) is 9.17. The summed E-state index contributed by atoms with van der Waals surface area (Å²) in [5, 5.41) is 3.09. The predicted molar refractivity (Wildman–Crippen MR) is 77.4 cm³/mol. The van der Waals surface area contributed by atoms with Gasteiger partial charge in [-0.2, -0.15) is 0 Å². The maximum Gasteiger partial charge on any atom is 0.410 e. The number of amides is 2. The molecule has 2 amide bonds. The molecule has 0 bridgehead atoms. The molecule has 0 spiro atoms. The molecule has 114 valence electrons. The molecular formula is C15H16N4O3. The van der Waals surface area contributed by atoms with Crippen molar-refractivity contribution in [2.24, 2.45) is 22.9 Å². The molecular weight excluding hydrogens is 284 g/mol. The zero-order chi connectivity index (χ0) is 15.5. The van der Waals surface area contributed by atoms with E-state index in [1.165, 1.54) is 0 Å². The first-order chi connectivity index (χ1) is 10.7. The Labute approximate surface area is 127 Å². The molecule has 1 aromatic carbocycles. The molecule has 7 nitrogen and oxygen atoms in total. The molecule has 0 radical (unpaired) electrons. The number of fused-ring (bicyclic) bond motifs is 1. The zero-order valence-electron chi connectivity index (χ0n) is 12.0. The number of benzene rings is 1. The van der Waals surface area contributed by atoms with Crippen LogP contribution in [0, 0.1) is 17.8 Å². The number of carbonyl (C=O) groups is 2. The van der Waals surface area contributed by atoms with E-state index in [4.69, 9.17) is 10.3 Å². The van der Waals surface area contributed by atoms with Gasteiger partial charge in [-0.15, -0.1) is 0 Å². The Morgan fingerprint density at radius 3 is 2.59 bits per heavy atom. The van der Waals surface area contributed by atoms with Crippen LogP contribution in [0.25, 0.3) is 10.4 Å². The summed E-state index contributed by atoms with van der Waals surface area (Å²) in [5.74, 6) is 0.500. The third-order valence-corrected chi connectivity index (χ3v) is 4.40. The number of ether oxygens (including phenoxy) is 1. The van der Waals surface area contributed by atoms with Crippen molar-refractivity contribution in [2.75, 3.05) is 13.1 Å². The SMILES string of the molecule is [N-]=[N+]=NC(=O)CC1C2CN(C(=O)OCc3ccccc3)CC12. The smallest absolute Gasteiger partial charge is 0.410 e. The largest absolute Gasteiger partial charge is 0.445 e. The number of hydrogen-bond donors (Lipinski definition) is 0. The molecule has 1 saturated carbocycles. The number of carbonyl (C=O) groups excluding carboxylic acids is 2. The zero-order valence-corrected chi connectivity index (χ0v) is 12.0. The molecule has 1 aromatic rings. The van der Waals surface area contributed by atoms with Crippen LogP contribution in [-0.2, 0) is 16.1 Å². The predicted octanol–water partition coefficient (Wildman–Crippen LogP) is 2.73. The number of rotatable bonds is 4. The van der Waals surface area contributed by atoms with Crippen molar-refractivity contribution < 1.29 is 14.3 Å². The van der Waals surface area contributed by atoms with Gasteiger partial charge in [-0.1, -0.05) is 30.3 Å². The van der Waals surface area contributed by atoms with E-state index < -0.39 is 5.91 Å². The van der Waals surface area contributed by atoms with Crippen LogP contribution < -0.4 is 0 Å². The standard InChI is InChI=1S/C15H16N4O3/c16-18-17-14(20)6-11-12-7-19(8-13(11)12)15(21)22-9-10-4-2-1-3-5-10/h1-5,11-13H,6-9H2. The third-order valence-electron chi connectivity index (χ3n) is 4.40. The number of likely N-dealkylation sites (tertiary alicyclic amines) is 1. The van der Waals surface area contributed by atoms with Crippen molar-refractivity contribution in [1.82, 2.24) is 4.90 Å². The average molecular weight is 300 g/mol. The molecule has 1 aliphatic carbocycles. The van der Waals surface area contributed by atoms with Crippen LogP contribution in [0.15, 0.2) is 35.4 Å². The number of hydrogen-bond acceptors (Lipinski definition) is 3. The Kier molecular flexibility index (Phi) is 3.98. The number of nitrogens with zero attached hydrogens (tertiary/aromatic N) is 4. The highest BCUT2D eigenvalue weighted by Gasteiger charge is 2.57. The van der Waals surface area contributed by atoms with Gasteiger partial charge in [-0.3, -0.25) is 4.79 Å². The fourth-order valence-corrected chi connectivity index (χ4v) is 3.20. The van der Waals surface area contributed by atoms with Crippen molar-refractivity contribution in [3.63, 3.8) is 0 Å². The molecule has 1 heterocycles. The van der Waals surface area contributed by atoms with Gasteiger partial charge >= 0.3 is 6.09 Å². The van der Waals surface area contributed by atoms with Crippen molar-refractivity contribution >= 4 is 12.0 Å². The molecule has 3 rings (SSSR count). The maximum absolute atomic E-state index is 12.0. The summed E-state index contributed by atoms with van der Waals surface area (Å²) < 4.78 is 5.29. The normalized spacial score (nSPS) is 25.1. The number of piperidine rings is 1. The summed E-state index contributed by atoms with van der Waals surface area (Å²) in [6.07, 6.45) is -0.0251. The van der Waals surface area contributed by atoms with E-state index in [9.17, 15) is 9.59 Å². The fraction of sp³-hybridized carbons (Fsp3) is 0.467. The van der Waals surface area contributed by atoms with Gasteiger partial charge in [0.05, 0.1) is 0 Å². The van der Waals surface area contributed by atoms with E-state index in [1.54, 1.807) is 4.90 Å². The molecule has 22 heavy (non-hydrogen) atoms. The van der Waals surface area contributed by atoms with E-state index in [0.29, 0.717) is 24.9 Å². The molecule has 0 aromatic heterocycles. The van der Waals surface area contributed by atoms with Crippen LogP contribution in [0.5, 0.6) is 0 Å². The van der Waals surface area contributed by atoms with Gasteiger partial charge in [0, 0.05) is 24.4 Å². The van der Waals surface area contributed by atoms with Crippen LogP contribution in [-0.4, -0.2) is 30.0 Å². The molecule has 0 N–H and O–H groups in total. The topological polar surface area (TPSA) is 95.4 Å². The fourth-order valence-electron chi connectivity index (χ4n) is 3.20. The summed E-state index contributed by atoms with van der Waals surface area (Å²) in [6.45, 7) is 1.50. The molecule has 2 atom stereocenters. The highest BCUT2D eigenvalue weighted by molar-refractivity contribution is 5.77. The molecule has 2 fully saturated rings. The van der Waals surface area contributed by atoms with Gasteiger partial charge in [0.1, 0.15) is 6.61 Å². The molecule has 7 heteroatoms. The van der Waals surface area contributed by atoms with Crippen LogP contribution in [0.1, 0.15) is 12.0 Å². The van der Waals surface area contributed by atoms with Crippen LogP contribution in [0.3, 0.4) is 0 Å². The third kappa shape index (κ3) is 3.04. The first-order valence-corrected chi connectivity index (χ1v) is 7.22. The second kappa shape index (κ2) is 6.07. The summed E-state index contributed by atoms with van der Waals surface area (Å²) in [4.78, 5) is 27.4. The van der Waals surface area contributed by atoms with Gasteiger partial charge < -0.3 is 9.64 Å². The summed E-state index contributed by atoms with van der Waals surface area (Å²) in [6, 6.07) is 9.54. The lowest BCUT2D eigenvalue weighted by atomic mass is 10.2. The lowest BCUT2D eigenvalue weighted by molar-refractivity contribution is -0.118. The average Bonchev–Trinajstić information content (AvgIpc) is 2.97. The maximum atomic E-state index is 12.0. The van der Waals surface area contributed by atoms with Gasteiger partial charge in [0.15, 0.2) is 0 Å². The monoisotopic (exact) mass is 300 g/mol. The van der Waals surface area contributed by atoms with E-state index in [0.717, 1.165) is 5.56 Å². The minimum absolute atomic E-state index is 0.246. The van der Waals surface area contributed by atoms with E-state index >= 15 is 0 Å². The highest BCUT2D eigenvalue weighted by Crippen LogP contribution is 2.53. The molecule has 2 unspecified atom stereocenters. The summed E-state index contributed by atoms with van der Waals surface area (Å²) >= 11 is 0. The van der Waals surface area contributed by atoms with Gasteiger partial charge in [-0.25, -0.2) is 4.79 Å². The Hall–Kier alpha value is -2.53. The van der Waals surface area contributed by atoms with Gasteiger partial charge in [0.2, 0.25) is 5.91 Å². The second-order valence-corrected chi connectivity index (χ2v) is 5.72. The Morgan fingerprint density at radius 2 is 1.95 bits per heavy atom. The Bertz CT molecular complexity index is 615. The van der Waals surface area contributed by atoms with Crippen molar-refractivity contribution in [1.29, 1.82) is 0 Å². The van der Waals surface area contributed by atoms with Crippen molar-refractivity contribution in [3.05, 3.63) is 46.3 Å². The lowest BCUT2D eigenvalue weighted by Gasteiger charge is -2.19. The highest BCUT2D eigenvalue weighted by atomic mass is 16.6. The second-order valence-electron chi connectivity index (χ2n) is 5.72. The quantitative estimate of drug-likeness (QED) is 0.486. The first kappa shape index (κ1) is 14.4. The Morgan fingerprint density at radius 1 is 1.27 bits per heavy atom. The number of azide groups is 1. The van der Waals surface area contributed by atoms with Gasteiger partial charge in [0.25, 0.3) is 0 Å². The van der Waals surface area contributed by atoms with E-state index in [2.05, 4.69) is 10.0 Å². The van der Waals surface area contributed by atoms with Crippen molar-refractivity contribution in [2.45, 2.75) is 13.0 Å². The van der Waals surface area contributed by atoms with Gasteiger partial charge in [-0.05, 0) is 34.0 Å². The van der Waals surface area contributed by atoms with Crippen LogP contribution in [0.2, 0.25) is 0 Å². The first-order valence-electron chi connectivity index (χ1n) is 7.22. The Balaban J connectivity index is 1.43. The van der Waals surface area contributed by atoms with Crippen LogP contribution >= 0.6 is 0 Å². The lowest BCUT2D eigenvalue weighted by Crippen LogP contribution is -2.32. The molecule has 1 saturated heterocycles. The molecule has 2 aliphatic rings. The molecule has 1 aliphatic heterocycles. The summed E-state index contributed by atoms with van der Waals surface area (Å²) in [7, 11) is 0. The van der Waals surface area contributed by atoms with Crippen LogP contribution in [0.4, 0.5) is 4.79 Å². The minimum atomic E-state index is -0.417. The van der Waals surface area contributed by atoms with E-state index in [-0.39, 0.29) is 25.0 Å². The minimum Gasteiger partial charge on any atom is -0.445 e.